The molecular weight excluding hydrogens is 295 g/mol. The lowest BCUT2D eigenvalue weighted by molar-refractivity contribution is -0.275. The van der Waals surface area contributed by atoms with Gasteiger partial charge in [-0.05, 0) is 18.2 Å². The third kappa shape index (κ3) is 3.77. The van der Waals surface area contributed by atoms with Gasteiger partial charge in [0.15, 0.2) is 11.5 Å². The number of alkyl halides is 4. The standard InChI is InChI=1S/C13H9ClF3NO2/c14-8-9-4-3-7-18-12(9)19-10-5-1-2-6-11(10)20-13(15,16)17/h1-7H,8H2. The molecule has 1 aromatic carbocycles. The van der Waals surface area contributed by atoms with Gasteiger partial charge in [0.1, 0.15) is 0 Å². The minimum atomic E-state index is -4.79. The molecule has 0 aliphatic rings. The Balaban J connectivity index is 2.29. The van der Waals surface area contributed by atoms with E-state index in [1.165, 1.54) is 24.4 Å². The molecule has 0 N–H and O–H groups in total. The lowest BCUT2D eigenvalue weighted by atomic mass is 10.3. The SMILES string of the molecule is FC(F)(F)Oc1ccccc1Oc1ncccc1CCl. The van der Waals surface area contributed by atoms with E-state index in [1.54, 1.807) is 12.1 Å². The Hall–Kier alpha value is -1.95. The summed E-state index contributed by atoms with van der Waals surface area (Å²) in [6.07, 6.45) is -3.34. The molecule has 0 saturated carbocycles. The maximum Gasteiger partial charge on any atom is 0.573 e. The largest absolute Gasteiger partial charge is 0.573 e. The quantitative estimate of drug-likeness (QED) is 0.779. The molecule has 0 aliphatic carbocycles. The van der Waals surface area contributed by atoms with Gasteiger partial charge in [0.25, 0.3) is 0 Å². The maximum absolute atomic E-state index is 12.3. The Morgan fingerprint density at radius 3 is 2.40 bits per heavy atom. The molecule has 0 aliphatic heterocycles. The lowest BCUT2D eigenvalue weighted by Crippen LogP contribution is -2.17. The highest BCUT2D eigenvalue weighted by Crippen LogP contribution is 2.35. The number of aromatic nitrogens is 1. The van der Waals surface area contributed by atoms with Crippen molar-refractivity contribution >= 4 is 11.6 Å². The van der Waals surface area contributed by atoms with Gasteiger partial charge in [-0.1, -0.05) is 18.2 Å². The van der Waals surface area contributed by atoms with Gasteiger partial charge in [-0.2, -0.15) is 0 Å². The lowest BCUT2D eigenvalue weighted by Gasteiger charge is -2.14. The van der Waals surface area contributed by atoms with Crippen LogP contribution in [-0.2, 0) is 5.88 Å². The molecule has 2 aromatic rings. The fourth-order valence-electron chi connectivity index (χ4n) is 1.47. The van der Waals surface area contributed by atoms with E-state index in [1.807, 2.05) is 0 Å². The van der Waals surface area contributed by atoms with E-state index in [9.17, 15) is 13.2 Å². The number of para-hydroxylation sites is 2. The number of rotatable bonds is 4. The molecule has 3 nitrogen and oxygen atoms in total. The Morgan fingerprint density at radius 1 is 1.05 bits per heavy atom. The van der Waals surface area contributed by atoms with Crippen molar-refractivity contribution < 1.29 is 22.6 Å². The van der Waals surface area contributed by atoms with Crippen molar-refractivity contribution in [2.45, 2.75) is 12.2 Å². The van der Waals surface area contributed by atoms with Crippen LogP contribution in [0.5, 0.6) is 17.4 Å². The number of nitrogens with zero attached hydrogens (tertiary/aromatic N) is 1. The molecular formula is C13H9ClF3NO2. The van der Waals surface area contributed by atoms with E-state index < -0.39 is 12.1 Å². The molecule has 0 unspecified atom stereocenters. The first-order valence-corrected chi connectivity index (χ1v) is 6.05. The van der Waals surface area contributed by atoms with Gasteiger partial charge in [-0.3, -0.25) is 0 Å². The molecule has 7 heteroatoms. The van der Waals surface area contributed by atoms with Crippen molar-refractivity contribution in [3.05, 3.63) is 48.2 Å². The average Bonchev–Trinajstić information content (AvgIpc) is 2.40. The molecule has 0 amide bonds. The summed E-state index contributed by atoms with van der Waals surface area (Å²) in [5, 5.41) is 0. The zero-order valence-electron chi connectivity index (χ0n) is 10.0. The van der Waals surface area contributed by atoms with Gasteiger partial charge in [0, 0.05) is 11.8 Å². The molecule has 0 radical (unpaired) electrons. The first-order chi connectivity index (χ1) is 9.49. The van der Waals surface area contributed by atoms with Crippen LogP contribution in [0.1, 0.15) is 5.56 Å². The first kappa shape index (κ1) is 14.5. The van der Waals surface area contributed by atoms with Crippen molar-refractivity contribution in [1.82, 2.24) is 4.98 Å². The van der Waals surface area contributed by atoms with Gasteiger partial charge >= 0.3 is 6.36 Å². The second-order valence-electron chi connectivity index (χ2n) is 3.70. The molecule has 1 aromatic heterocycles. The second-order valence-corrected chi connectivity index (χ2v) is 3.97. The van der Waals surface area contributed by atoms with Crippen LogP contribution < -0.4 is 9.47 Å². The number of ether oxygens (including phenoxy) is 2. The first-order valence-electron chi connectivity index (χ1n) is 5.52. The van der Waals surface area contributed by atoms with Gasteiger partial charge in [0.2, 0.25) is 5.88 Å². The van der Waals surface area contributed by atoms with Crippen molar-refractivity contribution in [3.8, 4) is 17.4 Å². The fraction of sp³-hybridized carbons (Fsp3) is 0.154. The predicted molar refractivity (Wildman–Crippen MR) is 67.0 cm³/mol. The van der Waals surface area contributed by atoms with Crippen molar-refractivity contribution in [1.29, 1.82) is 0 Å². The summed E-state index contributed by atoms with van der Waals surface area (Å²) in [6.45, 7) is 0. The number of halogens is 4. The molecule has 2 rings (SSSR count). The number of hydrogen-bond donors (Lipinski definition) is 0. The number of hydrogen-bond acceptors (Lipinski definition) is 3. The topological polar surface area (TPSA) is 31.4 Å². The fourth-order valence-corrected chi connectivity index (χ4v) is 1.67. The zero-order chi connectivity index (χ0) is 14.6. The van der Waals surface area contributed by atoms with Gasteiger partial charge < -0.3 is 9.47 Å². The van der Waals surface area contributed by atoms with Crippen LogP contribution in [0.25, 0.3) is 0 Å². The van der Waals surface area contributed by atoms with Gasteiger partial charge in [0.05, 0.1) is 5.88 Å². The minimum absolute atomic E-state index is 0.0881. The molecule has 0 saturated heterocycles. The van der Waals surface area contributed by atoms with Crippen LogP contribution in [0, 0.1) is 0 Å². The summed E-state index contributed by atoms with van der Waals surface area (Å²) in [5.41, 5.74) is 0.566. The predicted octanol–water partition coefficient (Wildman–Crippen LogP) is 4.51. The second kappa shape index (κ2) is 6.00. The Bertz CT molecular complexity index is 590. The van der Waals surface area contributed by atoms with Crippen molar-refractivity contribution in [2.75, 3.05) is 0 Å². The zero-order valence-corrected chi connectivity index (χ0v) is 10.8. The highest BCUT2D eigenvalue weighted by molar-refractivity contribution is 6.17. The van der Waals surface area contributed by atoms with Gasteiger partial charge in [-0.25, -0.2) is 4.98 Å². The Kier molecular flexibility index (Phi) is 4.34. The normalized spacial score (nSPS) is 11.2. The van der Waals surface area contributed by atoms with E-state index in [4.69, 9.17) is 16.3 Å². The molecule has 0 spiro atoms. The molecule has 106 valence electrons. The van der Waals surface area contributed by atoms with E-state index in [2.05, 4.69) is 9.72 Å². The third-order valence-electron chi connectivity index (χ3n) is 2.28. The molecule has 0 fully saturated rings. The van der Waals surface area contributed by atoms with Crippen molar-refractivity contribution in [3.63, 3.8) is 0 Å². The van der Waals surface area contributed by atoms with E-state index in [-0.39, 0.29) is 17.5 Å². The summed E-state index contributed by atoms with van der Waals surface area (Å²) in [5.74, 6) is -0.257. The summed E-state index contributed by atoms with van der Waals surface area (Å²) < 4.78 is 46.1. The summed E-state index contributed by atoms with van der Waals surface area (Å²) in [6, 6.07) is 8.78. The van der Waals surface area contributed by atoms with E-state index >= 15 is 0 Å². The summed E-state index contributed by atoms with van der Waals surface area (Å²) in [4.78, 5) is 3.94. The van der Waals surface area contributed by atoms with Gasteiger partial charge in [-0.15, -0.1) is 24.8 Å². The molecule has 20 heavy (non-hydrogen) atoms. The van der Waals surface area contributed by atoms with Crippen LogP contribution in [0.15, 0.2) is 42.6 Å². The highest BCUT2D eigenvalue weighted by Gasteiger charge is 2.32. The highest BCUT2D eigenvalue weighted by atomic mass is 35.5. The average molecular weight is 304 g/mol. The maximum atomic E-state index is 12.3. The number of pyridine rings is 1. The van der Waals surface area contributed by atoms with Crippen LogP contribution in [0.4, 0.5) is 13.2 Å². The number of benzene rings is 1. The van der Waals surface area contributed by atoms with Crippen LogP contribution in [0.2, 0.25) is 0 Å². The third-order valence-corrected chi connectivity index (χ3v) is 2.56. The van der Waals surface area contributed by atoms with E-state index in [0.717, 1.165) is 6.07 Å². The Morgan fingerprint density at radius 2 is 1.75 bits per heavy atom. The smallest absolute Gasteiger partial charge is 0.435 e. The van der Waals surface area contributed by atoms with Crippen LogP contribution in [-0.4, -0.2) is 11.3 Å². The summed E-state index contributed by atoms with van der Waals surface area (Å²) >= 11 is 5.71. The molecule has 0 atom stereocenters. The molecule has 0 bridgehead atoms. The summed E-state index contributed by atoms with van der Waals surface area (Å²) in [7, 11) is 0. The monoisotopic (exact) mass is 303 g/mol. The van der Waals surface area contributed by atoms with E-state index in [0.29, 0.717) is 5.56 Å². The van der Waals surface area contributed by atoms with Crippen molar-refractivity contribution in [2.24, 2.45) is 0 Å². The van der Waals surface area contributed by atoms with Crippen LogP contribution >= 0.6 is 11.6 Å². The molecule has 1 heterocycles. The van der Waals surface area contributed by atoms with Crippen LogP contribution in [0.3, 0.4) is 0 Å². The minimum Gasteiger partial charge on any atom is -0.435 e. The Labute approximate surface area is 117 Å².